The summed E-state index contributed by atoms with van der Waals surface area (Å²) in [6, 6.07) is 0. The van der Waals surface area contributed by atoms with Gasteiger partial charge in [-0.3, -0.25) is 0 Å². The Morgan fingerprint density at radius 2 is 1.78 bits per heavy atom. The maximum atomic E-state index is 12.4. The van der Waals surface area contributed by atoms with E-state index in [0.717, 1.165) is 25.7 Å². The highest BCUT2D eigenvalue weighted by atomic mass is 19.1. The highest BCUT2D eigenvalue weighted by molar-refractivity contribution is 4.91. The van der Waals surface area contributed by atoms with Crippen LogP contribution in [-0.2, 0) is 0 Å². The Morgan fingerprint density at radius 1 is 1.33 bits per heavy atom. The molecule has 0 bridgehead atoms. The van der Waals surface area contributed by atoms with E-state index in [9.17, 15) is 4.39 Å². The molecule has 0 aromatic heterocycles. The zero-order chi connectivity index (χ0) is 6.91. The van der Waals surface area contributed by atoms with Gasteiger partial charge in [0, 0.05) is 0 Å². The van der Waals surface area contributed by atoms with Gasteiger partial charge in [-0.1, -0.05) is 26.7 Å². The Kier molecular flexibility index (Phi) is 1.78. The summed E-state index contributed by atoms with van der Waals surface area (Å²) in [4.78, 5) is 0. The summed E-state index contributed by atoms with van der Waals surface area (Å²) >= 11 is 0. The lowest BCUT2D eigenvalue weighted by Gasteiger charge is -2.43. The molecule has 0 nitrogen and oxygen atoms in total. The summed E-state index contributed by atoms with van der Waals surface area (Å²) in [5.74, 6) is 0. The van der Waals surface area contributed by atoms with Gasteiger partial charge >= 0.3 is 0 Å². The van der Waals surface area contributed by atoms with E-state index in [2.05, 4.69) is 13.8 Å². The fraction of sp³-hybridized carbons (Fsp3) is 1.00. The van der Waals surface area contributed by atoms with Gasteiger partial charge in [-0.2, -0.15) is 0 Å². The van der Waals surface area contributed by atoms with Gasteiger partial charge in [0.05, 0.1) is 0 Å². The van der Waals surface area contributed by atoms with Crippen LogP contribution < -0.4 is 0 Å². The summed E-state index contributed by atoms with van der Waals surface area (Å²) in [6.07, 6.45) is 3.47. The number of hydrogen-bond donors (Lipinski definition) is 0. The highest BCUT2D eigenvalue weighted by Crippen LogP contribution is 2.47. The monoisotopic (exact) mass is 130 g/mol. The molecule has 0 aromatic carbocycles. The van der Waals surface area contributed by atoms with Gasteiger partial charge in [0.15, 0.2) is 0 Å². The van der Waals surface area contributed by atoms with Crippen LogP contribution in [0, 0.1) is 5.41 Å². The Labute approximate surface area is 56.5 Å². The first-order chi connectivity index (χ1) is 4.22. The van der Waals surface area contributed by atoms with Crippen LogP contribution in [0.25, 0.3) is 0 Å². The van der Waals surface area contributed by atoms with E-state index in [1.807, 2.05) is 0 Å². The van der Waals surface area contributed by atoms with Gasteiger partial charge in [-0.05, 0) is 18.3 Å². The van der Waals surface area contributed by atoms with Crippen LogP contribution in [0.4, 0.5) is 4.39 Å². The van der Waals surface area contributed by atoms with Crippen molar-refractivity contribution >= 4 is 0 Å². The maximum absolute atomic E-state index is 12.4. The second-order valence-electron chi connectivity index (χ2n) is 3.21. The molecule has 0 amide bonds. The van der Waals surface area contributed by atoms with Crippen molar-refractivity contribution in [2.24, 2.45) is 5.41 Å². The van der Waals surface area contributed by atoms with Gasteiger partial charge < -0.3 is 0 Å². The number of rotatable bonds is 2. The van der Waals surface area contributed by atoms with E-state index in [1.165, 1.54) is 0 Å². The molecule has 1 aliphatic carbocycles. The van der Waals surface area contributed by atoms with Crippen LogP contribution in [0.3, 0.4) is 0 Å². The molecule has 0 N–H and O–H groups in total. The average Bonchev–Trinajstić information content (AvgIpc) is 1.81. The van der Waals surface area contributed by atoms with Crippen LogP contribution in [0.1, 0.15) is 39.5 Å². The van der Waals surface area contributed by atoms with E-state index >= 15 is 0 Å². The Balaban J connectivity index is 2.36. The Bertz CT molecular complexity index is 86.7. The minimum atomic E-state index is -0.482. The van der Waals surface area contributed by atoms with E-state index in [0.29, 0.717) is 5.41 Å². The van der Waals surface area contributed by atoms with Crippen molar-refractivity contribution in [3.05, 3.63) is 0 Å². The lowest BCUT2D eigenvalue weighted by atomic mass is 9.64. The molecular weight excluding hydrogens is 115 g/mol. The van der Waals surface area contributed by atoms with E-state index in [-0.39, 0.29) is 0 Å². The van der Waals surface area contributed by atoms with E-state index in [1.54, 1.807) is 0 Å². The lowest BCUT2D eigenvalue weighted by molar-refractivity contribution is 0.0185. The number of halogens is 1. The lowest BCUT2D eigenvalue weighted by Crippen LogP contribution is -2.37. The summed E-state index contributed by atoms with van der Waals surface area (Å²) in [5, 5.41) is 0. The predicted molar refractivity (Wildman–Crippen MR) is 37.1 cm³/mol. The molecule has 0 unspecified atom stereocenters. The van der Waals surface area contributed by atoms with E-state index in [4.69, 9.17) is 0 Å². The van der Waals surface area contributed by atoms with Gasteiger partial charge in [-0.25, -0.2) is 4.39 Å². The normalized spacial score (nSPS) is 25.7. The van der Waals surface area contributed by atoms with Crippen molar-refractivity contribution in [1.29, 1.82) is 0 Å². The molecular formula is C8H15F. The van der Waals surface area contributed by atoms with Crippen molar-refractivity contribution in [3.63, 3.8) is 0 Å². The zero-order valence-corrected chi connectivity index (χ0v) is 6.28. The molecule has 0 aromatic rings. The molecule has 1 rings (SSSR count). The summed E-state index contributed by atoms with van der Waals surface area (Å²) < 4.78 is 12.4. The fourth-order valence-electron chi connectivity index (χ4n) is 1.71. The minimum absolute atomic E-state index is 0.402. The zero-order valence-electron chi connectivity index (χ0n) is 6.28. The van der Waals surface area contributed by atoms with Crippen molar-refractivity contribution in [2.75, 3.05) is 0 Å². The van der Waals surface area contributed by atoms with Gasteiger partial charge in [-0.15, -0.1) is 0 Å². The second kappa shape index (κ2) is 2.28. The van der Waals surface area contributed by atoms with Crippen molar-refractivity contribution in [1.82, 2.24) is 0 Å². The predicted octanol–water partition coefficient (Wildman–Crippen LogP) is 2.92. The molecule has 9 heavy (non-hydrogen) atoms. The fourth-order valence-corrected chi connectivity index (χ4v) is 1.71. The van der Waals surface area contributed by atoms with Gasteiger partial charge in [0.2, 0.25) is 0 Å². The van der Waals surface area contributed by atoms with Crippen LogP contribution in [-0.4, -0.2) is 6.17 Å². The molecule has 1 heteroatoms. The highest BCUT2D eigenvalue weighted by Gasteiger charge is 2.41. The second-order valence-corrected chi connectivity index (χ2v) is 3.21. The number of hydrogen-bond acceptors (Lipinski definition) is 0. The maximum Gasteiger partial charge on any atom is 0.101 e. The minimum Gasteiger partial charge on any atom is -0.247 e. The van der Waals surface area contributed by atoms with Crippen molar-refractivity contribution < 1.29 is 4.39 Å². The quantitative estimate of drug-likeness (QED) is 0.539. The molecule has 1 fully saturated rings. The van der Waals surface area contributed by atoms with Crippen LogP contribution in [0.5, 0.6) is 0 Å². The van der Waals surface area contributed by atoms with Crippen molar-refractivity contribution in [2.45, 2.75) is 45.7 Å². The molecule has 0 atom stereocenters. The summed E-state index contributed by atoms with van der Waals surface area (Å²) in [6.45, 7) is 4.32. The molecule has 0 spiro atoms. The molecule has 0 radical (unpaired) electrons. The first kappa shape index (κ1) is 7.04. The van der Waals surface area contributed by atoms with Gasteiger partial charge in [0.1, 0.15) is 6.17 Å². The molecule has 0 heterocycles. The first-order valence-corrected chi connectivity index (χ1v) is 3.86. The molecule has 1 aliphatic rings. The smallest absolute Gasteiger partial charge is 0.101 e. The topological polar surface area (TPSA) is 0 Å². The average molecular weight is 130 g/mol. The Morgan fingerprint density at radius 3 is 1.89 bits per heavy atom. The van der Waals surface area contributed by atoms with Crippen LogP contribution in [0.2, 0.25) is 0 Å². The first-order valence-electron chi connectivity index (χ1n) is 3.86. The molecule has 54 valence electrons. The van der Waals surface area contributed by atoms with Crippen molar-refractivity contribution in [3.8, 4) is 0 Å². The third kappa shape index (κ3) is 1.10. The largest absolute Gasteiger partial charge is 0.247 e. The summed E-state index contributed by atoms with van der Waals surface area (Å²) in [7, 11) is 0. The Hall–Kier alpha value is -0.0700. The summed E-state index contributed by atoms with van der Waals surface area (Å²) in [5.41, 5.74) is 0.402. The third-order valence-electron chi connectivity index (χ3n) is 2.81. The SMILES string of the molecule is CCC1(CC)CC(F)C1. The molecule has 0 saturated heterocycles. The van der Waals surface area contributed by atoms with Gasteiger partial charge in [0.25, 0.3) is 0 Å². The van der Waals surface area contributed by atoms with Crippen LogP contribution in [0.15, 0.2) is 0 Å². The number of alkyl halides is 1. The molecule has 1 saturated carbocycles. The standard InChI is InChI=1S/C8H15F/c1-3-8(4-2)5-7(9)6-8/h7H,3-6H2,1-2H3. The van der Waals surface area contributed by atoms with Crippen LogP contribution >= 0.6 is 0 Å². The third-order valence-corrected chi connectivity index (χ3v) is 2.81. The molecule has 0 aliphatic heterocycles. The van der Waals surface area contributed by atoms with E-state index < -0.39 is 6.17 Å².